The Kier molecular flexibility index (Phi) is 2.72. The van der Waals surface area contributed by atoms with Crippen LogP contribution in [0.3, 0.4) is 0 Å². The van der Waals surface area contributed by atoms with E-state index in [0.29, 0.717) is 12.1 Å². The summed E-state index contributed by atoms with van der Waals surface area (Å²) in [4.78, 5) is 0. The van der Waals surface area contributed by atoms with Crippen LogP contribution in [-0.2, 0) is 5.41 Å². The number of fused-ring (bicyclic) bond motifs is 1. The lowest BCUT2D eigenvalue weighted by molar-refractivity contribution is 0.378. The molecule has 0 aliphatic rings. The highest BCUT2D eigenvalue weighted by Crippen LogP contribution is 2.32. The second-order valence-corrected chi connectivity index (χ2v) is 4.69. The molecule has 0 fully saturated rings. The van der Waals surface area contributed by atoms with Crippen LogP contribution in [0.5, 0.6) is 0 Å². The molecule has 1 aromatic carbocycles. The zero-order valence-corrected chi connectivity index (χ0v) is 9.59. The predicted octanol–water partition coefficient (Wildman–Crippen LogP) is 3.20. The maximum atomic E-state index is 13.5. The van der Waals surface area contributed by atoms with Crippen molar-refractivity contribution in [2.75, 3.05) is 6.54 Å². The van der Waals surface area contributed by atoms with Gasteiger partial charge in [0.05, 0.1) is 0 Å². The van der Waals surface area contributed by atoms with Crippen LogP contribution in [0, 0.1) is 5.82 Å². The molecule has 2 aromatic rings. The van der Waals surface area contributed by atoms with E-state index in [9.17, 15) is 4.39 Å². The first kappa shape index (κ1) is 11.1. The van der Waals surface area contributed by atoms with Crippen molar-refractivity contribution in [2.24, 2.45) is 5.73 Å². The fraction of sp³-hybridized carbons (Fsp3) is 0.385. The Morgan fingerprint density at radius 3 is 2.75 bits per heavy atom. The van der Waals surface area contributed by atoms with Crippen LogP contribution < -0.4 is 5.73 Å². The summed E-state index contributed by atoms with van der Waals surface area (Å²) in [6.45, 7) is 4.69. The molecular weight excluding hydrogens is 205 g/mol. The summed E-state index contributed by atoms with van der Waals surface area (Å²) in [5.74, 6) is 0.477. The SMILES string of the molecule is CC(C)(CCN)c1cc2cccc(F)c2o1. The van der Waals surface area contributed by atoms with Crippen molar-refractivity contribution in [3.8, 4) is 0 Å². The van der Waals surface area contributed by atoms with Gasteiger partial charge in [-0.25, -0.2) is 4.39 Å². The summed E-state index contributed by atoms with van der Waals surface area (Å²) in [6, 6.07) is 6.84. The minimum atomic E-state index is -0.313. The van der Waals surface area contributed by atoms with Gasteiger partial charge in [-0.2, -0.15) is 0 Å². The van der Waals surface area contributed by atoms with Crippen LogP contribution in [0.25, 0.3) is 11.0 Å². The van der Waals surface area contributed by atoms with Gasteiger partial charge in [-0.3, -0.25) is 0 Å². The molecule has 2 nitrogen and oxygen atoms in total. The number of rotatable bonds is 3. The van der Waals surface area contributed by atoms with Gasteiger partial charge >= 0.3 is 0 Å². The van der Waals surface area contributed by atoms with E-state index >= 15 is 0 Å². The molecule has 0 saturated carbocycles. The largest absolute Gasteiger partial charge is 0.457 e. The molecular formula is C13H16FNO. The minimum Gasteiger partial charge on any atom is -0.457 e. The molecule has 2 rings (SSSR count). The molecule has 1 heterocycles. The first-order valence-corrected chi connectivity index (χ1v) is 5.43. The van der Waals surface area contributed by atoms with Crippen LogP contribution in [0.1, 0.15) is 26.0 Å². The number of para-hydroxylation sites is 1. The number of benzene rings is 1. The van der Waals surface area contributed by atoms with Gasteiger partial charge in [-0.15, -0.1) is 0 Å². The average Bonchev–Trinajstić information content (AvgIpc) is 2.63. The molecule has 0 aliphatic carbocycles. The van der Waals surface area contributed by atoms with Gasteiger partial charge in [0.25, 0.3) is 0 Å². The van der Waals surface area contributed by atoms with Crippen molar-refractivity contribution >= 4 is 11.0 Å². The zero-order chi connectivity index (χ0) is 11.8. The van der Waals surface area contributed by atoms with Gasteiger partial charge in [-0.1, -0.05) is 26.0 Å². The lowest BCUT2D eigenvalue weighted by Crippen LogP contribution is -2.20. The van der Waals surface area contributed by atoms with Crippen molar-refractivity contribution in [1.29, 1.82) is 0 Å². The van der Waals surface area contributed by atoms with Gasteiger partial charge in [-0.05, 0) is 25.1 Å². The molecule has 0 radical (unpaired) electrons. The highest BCUT2D eigenvalue weighted by Gasteiger charge is 2.24. The van der Waals surface area contributed by atoms with Crippen LogP contribution in [0.4, 0.5) is 4.39 Å². The van der Waals surface area contributed by atoms with Crippen molar-refractivity contribution in [2.45, 2.75) is 25.7 Å². The lowest BCUT2D eigenvalue weighted by Gasteiger charge is -2.20. The van der Waals surface area contributed by atoms with Crippen molar-refractivity contribution in [3.05, 3.63) is 35.8 Å². The number of nitrogens with two attached hydrogens (primary N) is 1. The second-order valence-electron chi connectivity index (χ2n) is 4.69. The zero-order valence-electron chi connectivity index (χ0n) is 9.59. The summed E-state index contributed by atoms with van der Waals surface area (Å²) in [7, 11) is 0. The number of hydrogen-bond acceptors (Lipinski definition) is 2. The molecule has 0 aliphatic heterocycles. The monoisotopic (exact) mass is 221 g/mol. The van der Waals surface area contributed by atoms with E-state index in [1.54, 1.807) is 6.07 Å². The number of furan rings is 1. The Labute approximate surface area is 94.2 Å². The molecule has 1 aromatic heterocycles. The molecule has 3 heteroatoms. The quantitative estimate of drug-likeness (QED) is 0.864. The smallest absolute Gasteiger partial charge is 0.169 e. The molecule has 0 amide bonds. The fourth-order valence-corrected chi connectivity index (χ4v) is 1.85. The number of halogens is 1. The third-order valence-corrected chi connectivity index (χ3v) is 2.93. The van der Waals surface area contributed by atoms with Gasteiger partial charge in [0.15, 0.2) is 11.4 Å². The fourth-order valence-electron chi connectivity index (χ4n) is 1.85. The van der Waals surface area contributed by atoms with Crippen LogP contribution in [0.15, 0.2) is 28.7 Å². The molecule has 0 spiro atoms. The maximum absolute atomic E-state index is 13.5. The Hall–Kier alpha value is -1.35. The van der Waals surface area contributed by atoms with E-state index in [1.807, 2.05) is 12.1 Å². The van der Waals surface area contributed by atoms with E-state index in [1.165, 1.54) is 6.07 Å². The number of hydrogen-bond donors (Lipinski definition) is 1. The standard InChI is InChI=1S/C13H16FNO/c1-13(2,6-7-15)11-8-9-4-3-5-10(14)12(9)16-11/h3-5,8H,6-7,15H2,1-2H3. The van der Waals surface area contributed by atoms with E-state index < -0.39 is 0 Å². The Balaban J connectivity index is 2.51. The molecule has 0 saturated heterocycles. The summed E-state index contributed by atoms with van der Waals surface area (Å²) in [5, 5.41) is 0.806. The highest BCUT2D eigenvalue weighted by molar-refractivity contribution is 5.78. The molecule has 2 N–H and O–H groups in total. The van der Waals surface area contributed by atoms with Crippen molar-refractivity contribution in [3.63, 3.8) is 0 Å². The van der Waals surface area contributed by atoms with Crippen molar-refractivity contribution < 1.29 is 8.81 Å². The first-order valence-electron chi connectivity index (χ1n) is 5.43. The maximum Gasteiger partial charge on any atom is 0.169 e. The van der Waals surface area contributed by atoms with Crippen LogP contribution in [-0.4, -0.2) is 6.54 Å². The molecule has 0 atom stereocenters. The van der Waals surface area contributed by atoms with Crippen LogP contribution >= 0.6 is 0 Å². The van der Waals surface area contributed by atoms with Gasteiger partial charge < -0.3 is 10.2 Å². The summed E-state index contributed by atoms with van der Waals surface area (Å²) >= 11 is 0. The van der Waals surface area contributed by atoms with E-state index in [-0.39, 0.29) is 11.2 Å². The third-order valence-electron chi connectivity index (χ3n) is 2.93. The summed E-state index contributed by atoms with van der Waals surface area (Å²) < 4.78 is 19.0. The molecule has 16 heavy (non-hydrogen) atoms. The topological polar surface area (TPSA) is 39.2 Å². The Morgan fingerprint density at radius 2 is 2.12 bits per heavy atom. The highest BCUT2D eigenvalue weighted by atomic mass is 19.1. The first-order chi connectivity index (χ1) is 7.54. The van der Waals surface area contributed by atoms with E-state index in [2.05, 4.69) is 13.8 Å². The Bertz CT molecular complexity index is 502. The van der Waals surface area contributed by atoms with E-state index in [0.717, 1.165) is 17.6 Å². The van der Waals surface area contributed by atoms with Gasteiger partial charge in [0.1, 0.15) is 5.76 Å². The molecule has 0 bridgehead atoms. The predicted molar refractivity (Wildman–Crippen MR) is 62.9 cm³/mol. The molecule has 0 unspecified atom stereocenters. The normalized spacial score (nSPS) is 12.2. The van der Waals surface area contributed by atoms with Gasteiger partial charge in [0.2, 0.25) is 0 Å². The Morgan fingerprint density at radius 1 is 1.38 bits per heavy atom. The molecule has 86 valence electrons. The van der Waals surface area contributed by atoms with E-state index in [4.69, 9.17) is 10.2 Å². The van der Waals surface area contributed by atoms with Gasteiger partial charge in [0, 0.05) is 10.8 Å². The van der Waals surface area contributed by atoms with Crippen LogP contribution in [0.2, 0.25) is 0 Å². The third kappa shape index (κ3) is 1.83. The summed E-state index contributed by atoms with van der Waals surface area (Å²) in [6.07, 6.45) is 0.814. The summed E-state index contributed by atoms with van der Waals surface area (Å²) in [5.41, 5.74) is 5.74. The second kappa shape index (κ2) is 3.91. The van der Waals surface area contributed by atoms with Crippen molar-refractivity contribution in [1.82, 2.24) is 0 Å². The minimum absolute atomic E-state index is 0.153. The average molecular weight is 221 g/mol. The lowest BCUT2D eigenvalue weighted by atomic mass is 9.86.